The topological polar surface area (TPSA) is 68.0 Å². The van der Waals surface area contributed by atoms with Gasteiger partial charge < -0.3 is 4.42 Å². The Kier molecular flexibility index (Phi) is 5.37. The summed E-state index contributed by atoms with van der Waals surface area (Å²) in [5.41, 5.74) is 1.56. The fraction of sp³-hybridized carbons (Fsp3) is 0.0714. The van der Waals surface area contributed by atoms with Crippen LogP contribution in [0.2, 0.25) is 5.02 Å². The summed E-state index contributed by atoms with van der Waals surface area (Å²) >= 11 is 11.9. The Morgan fingerprint density at radius 2 is 2.13 bits per heavy atom. The highest BCUT2D eigenvalue weighted by Crippen LogP contribution is 2.29. The van der Waals surface area contributed by atoms with Gasteiger partial charge in [0.05, 0.1) is 5.56 Å². The van der Waals surface area contributed by atoms with Crippen molar-refractivity contribution in [2.75, 3.05) is 5.32 Å². The lowest BCUT2D eigenvalue weighted by Crippen LogP contribution is -2.10. The van der Waals surface area contributed by atoms with E-state index in [0.29, 0.717) is 20.4 Å². The molecule has 2 aromatic heterocycles. The van der Waals surface area contributed by atoms with E-state index in [1.165, 1.54) is 17.6 Å². The van der Waals surface area contributed by atoms with Gasteiger partial charge in [0, 0.05) is 16.8 Å². The van der Waals surface area contributed by atoms with Crippen molar-refractivity contribution >= 4 is 61.7 Å². The zero-order valence-corrected chi connectivity index (χ0v) is 15.4. The van der Waals surface area contributed by atoms with E-state index in [1.807, 2.05) is 24.3 Å². The number of furan rings is 1. The molecule has 0 saturated heterocycles. The summed E-state index contributed by atoms with van der Waals surface area (Å²) in [6, 6.07) is 9.23. The molecule has 5 nitrogen and oxygen atoms in total. The van der Waals surface area contributed by atoms with Crippen LogP contribution in [0.15, 0.2) is 50.0 Å². The van der Waals surface area contributed by atoms with Gasteiger partial charge in [-0.15, -0.1) is 10.2 Å². The highest BCUT2D eigenvalue weighted by Gasteiger charge is 2.12. The van der Waals surface area contributed by atoms with E-state index < -0.39 is 0 Å². The molecular weight excluding hydrogens is 422 g/mol. The number of carbonyl (C=O) groups excluding carboxylic acids is 1. The normalized spacial score (nSPS) is 10.7. The summed E-state index contributed by atoms with van der Waals surface area (Å²) in [5.74, 6) is 0.471. The second-order valence-electron chi connectivity index (χ2n) is 4.38. The highest BCUT2D eigenvalue weighted by atomic mass is 79.9. The van der Waals surface area contributed by atoms with Crippen molar-refractivity contribution in [1.29, 1.82) is 0 Å². The van der Waals surface area contributed by atoms with E-state index >= 15 is 0 Å². The minimum Gasteiger partial charge on any atom is -0.457 e. The lowest BCUT2D eigenvalue weighted by molar-refractivity contribution is 0.102. The zero-order valence-electron chi connectivity index (χ0n) is 11.5. The maximum absolute atomic E-state index is 12.0. The number of hydrogen-bond donors (Lipinski definition) is 1. The number of amides is 1. The van der Waals surface area contributed by atoms with Crippen molar-refractivity contribution in [3.8, 4) is 0 Å². The number of nitrogens with one attached hydrogen (secondary N) is 1. The Morgan fingerprint density at radius 3 is 2.83 bits per heavy atom. The average Bonchev–Trinajstić information content (AvgIpc) is 3.16. The Hall–Kier alpha value is -1.35. The monoisotopic (exact) mass is 429 g/mol. The summed E-state index contributed by atoms with van der Waals surface area (Å²) in [6.45, 7) is 0. The standard InChI is InChI=1S/C14H9BrClN3O2S2/c15-11-5-9(6-21-11)12(20)17-13-18-19-14(23-13)22-7-8-1-3-10(16)4-2-8/h1-6H,7H2,(H,17,18,20). The lowest BCUT2D eigenvalue weighted by atomic mass is 10.2. The van der Waals surface area contributed by atoms with Crippen LogP contribution in [0.1, 0.15) is 15.9 Å². The van der Waals surface area contributed by atoms with Gasteiger partial charge in [-0.2, -0.15) is 0 Å². The summed E-state index contributed by atoms with van der Waals surface area (Å²) in [4.78, 5) is 12.0. The van der Waals surface area contributed by atoms with Crippen molar-refractivity contribution in [3.05, 3.63) is 57.4 Å². The summed E-state index contributed by atoms with van der Waals surface area (Å²) in [6.07, 6.45) is 1.37. The minimum absolute atomic E-state index is 0.287. The first-order valence-corrected chi connectivity index (χ1v) is 9.33. The number of thioether (sulfide) groups is 1. The molecule has 23 heavy (non-hydrogen) atoms. The van der Waals surface area contributed by atoms with Gasteiger partial charge in [0.1, 0.15) is 6.26 Å². The molecule has 0 fully saturated rings. The third-order valence-electron chi connectivity index (χ3n) is 2.73. The van der Waals surface area contributed by atoms with Gasteiger partial charge in [0.15, 0.2) is 9.01 Å². The van der Waals surface area contributed by atoms with Crippen molar-refractivity contribution in [1.82, 2.24) is 10.2 Å². The van der Waals surface area contributed by atoms with Crippen LogP contribution in [-0.4, -0.2) is 16.1 Å². The van der Waals surface area contributed by atoms with E-state index in [-0.39, 0.29) is 5.91 Å². The molecule has 118 valence electrons. The number of hydrogen-bond acceptors (Lipinski definition) is 6. The van der Waals surface area contributed by atoms with Crippen molar-refractivity contribution in [2.24, 2.45) is 0 Å². The maximum atomic E-state index is 12.0. The number of aromatic nitrogens is 2. The van der Waals surface area contributed by atoms with Crippen LogP contribution >= 0.6 is 50.6 Å². The van der Waals surface area contributed by atoms with Gasteiger partial charge in [0.25, 0.3) is 5.91 Å². The van der Waals surface area contributed by atoms with Gasteiger partial charge in [0.2, 0.25) is 5.13 Å². The van der Waals surface area contributed by atoms with Crippen molar-refractivity contribution in [2.45, 2.75) is 10.1 Å². The molecule has 0 bridgehead atoms. The van der Waals surface area contributed by atoms with E-state index in [0.717, 1.165) is 15.7 Å². The summed E-state index contributed by atoms with van der Waals surface area (Å²) < 4.78 is 6.31. The van der Waals surface area contributed by atoms with Gasteiger partial charge in [-0.3, -0.25) is 10.1 Å². The number of rotatable bonds is 5. The molecule has 0 radical (unpaired) electrons. The van der Waals surface area contributed by atoms with Crippen LogP contribution < -0.4 is 5.32 Å². The Bertz CT molecular complexity index is 820. The second-order valence-corrected chi connectivity index (χ2v) is 7.80. The summed E-state index contributed by atoms with van der Waals surface area (Å²) in [7, 11) is 0. The molecule has 0 atom stereocenters. The lowest BCUT2D eigenvalue weighted by Gasteiger charge is -1.98. The molecule has 0 aliphatic rings. The Labute approximate surface area is 153 Å². The SMILES string of the molecule is O=C(Nc1nnc(SCc2ccc(Cl)cc2)s1)c1coc(Br)c1. The van der Waals surface area contributed by atoms with Gasteiger partial charge >= 0.3 is 0 Å². The first-order valence-electron chi connectivity index (χ1n) is 6.36. The first-order chi connectivity index (χ1) is 11.1. The minimum atomic E-state index is -0.287. The van der Waals surface area contributed by atoms with Crippen LogP contribution in [0.25, 0.3) is 0 Å². The first kappa shape index (κ1) is 16.5. The van der Waals surface area contributed by atoms with Gasteiger partial charge in [-0.25, -0.2) is 0 Å². The summed E-state index contributed by atoms with van der Waals surface area (Å²) in [5, 5.41) is 11.9. The molecule has 1 aromatic carbocycles. The molecular formula is C14H9BrClN3O2S2. The van der Waals surface area contributed by atoms with Gasteiger partial charge in [-0.1, -0.05) is 46.8 Å². The number of anilines is 1. The fourth-order valence-corrected chi connectivity index (χ4v) is 3.81. The van der Waals surface area contributed by atoms with Crippen molar-refractivity contribution in [3.63, 3.8) is 0 Å². The molecule has 0 saturated carbocycles. The quantitative estimate of drug-likeness (QED) is 0.451. The van der Waals surface area contributed by atoms with E-state index in [2.05, 4.69) is 31.4 Å². The number of benzene rings is 1. The molecule has 3 aromatic rings. The molecule has 1 amide bonds. The van der Waals surface area contributed by atoms with E-state index in [4.69, 9.17) is 16.0 Å². The smallest absolute Gasteiger partial charge is 0.260 e. The average molecular weight is 431 g/mol. The predicted octanol–water partition coefficient (Wildman–Crippen LogP) is 5.09. The van der Waals surface area contributed by atoms with Crippen LogP contribution in [-0.2, 0) is 5.75 Å². The fourth-order valence-electron chi connectivity index (χ4n) is 1.64. The predicted molar refractivity (Wildman–Crippen MR) is 95.3 cm³/mol. The molecule has 3 rings (SSSR count). The number of halogens is 2. The van der Waals surface area contributed by atoms with Crippen LogP contribution in [0.3, 0.4) is 0 Å². The van der Waals surface area contributed by atoms with E-state index in [1.54, 1.807) is 17.8 Å². The van der Waals surface area contributed by atoms with Crippen LogP contribution in [0, 0.1) is 0 Å². The van der Waals surface area contributed by atoms with E-state index in [9.17, 15) is 4.79 Å². The number of nitrogens with zero attached hydrogens (tertiary/aromatic N) is 2. The molecule has 1 N–H and O–H groups in total. The molecule has 0 spiro atoms. The van der Waals surface area contributed by atoms with Crippen LogP contribution in [0.5, 0.6) is 0 Å². The van der Waals surface area contributed by atoms with Gasteiger partial charge in [-0.05, 0) is 33.6 Å². The third kappa shape index (κ3) is 4.57. The van der Waals surface area contributed by atoms with Crippen LogP contribution in [0.4, 0.5) is 5.13 Å². The molecule has 0 unspecified atom stereocenters. The molecule has 2 heterocycles. The molecule has 0 aliphatic carbocycles. The second kappa shape index (κ2) is 7.48. The largest absolute Gasteiger partial charge is 0.457 e. The Balaban J connectivity index is 1.57. The van der Waals surface area contributed by atoms with Crippen molar-refractivity contribution < 1.29 is 9.21 Å². The maximum Gasteiger partial charge on any atom is 0.260 e. The highest BCUT2D eigenvalue weighted by molar-refractivity contribution is 9.10. The molecule has 0 aliphatic heterocycles. The molecule has 9 heteroatoms. The zero-order chi connectivity index (χ0) is 16.2. The third-order valence-corrected chi connectivity index (χ3v) is 5.44. The Morgan fingerprint density at radius 1 is 1.35 bits per heavy atom. The number of carbonyl (C=O) groups is 1.